The summed E-state index contributed by atoms with van der Waals surface area (Å²) in [5.41, 5.74) is 2.79. The first-order valence-electron chi connectivity index (χ1n) is 12.2. The predicted octanol–water partition coefficient (Wildman–Crippen LogP) is 7.15. The summed E-state index contributed by atoms with van der Waals surface area (Å²) >= 11 is 6.48. The average molecular weight is 520 g/mol. The van der Waals surface area contributed by atoms with E-state index >= 15 is 0 Å². The molecular weight excluding hydrogens is 498 g/mol. The maximum Gasteiger partial charge on any atom is 0.312 e. The number of halogens is 1. The van der Waals surface area contributed by atoms with Crippen molar-refractivity contribution in [1.29, 1.82) is 0 Å². The molecule has 0 saturated carbocycles. The summed E-state index contributed by atoms with van der Waals surface area (Å²) in [5.74, 6) is -0.0901. The SMILES string of the molecule is O=C(CC1(CC(=O)Oc2ccccc2)c2cc(Cl)ccc2-c2nc3ccccc3cc21)Oc1ccccc1. The lowest BCUT2D eigenvalue weighted by molar-refractivity contribution is -0.138. The van der Waals surface area contributed by atoms with Crippen LogP contribution in [0.25, 0.3) is 22.2 Å². The Kier molecular flexibility index (Phi) is 6.14. The monoisotopic (exact) mass is 519 g/mol. The largest absolute Gasteiger partial charge is 0.426 e. The van der Waals surface area contributed by atoms with Crippen LogP contribution in [0.1, 0.15) is 24.0 Å². The number of ether oxygens (including phenoxy) is 2. The van der Waals surface area contributed by atoms with Gasteiger partial charge in [-0.1, -0.05) is 72.3 Å². The first-order valence-corrected chi connectivity index (χ1v) is 12.6. The van der Waals surface area contributed by atoms with Crippen LogP contribution in [0.2, 0.25) is 5.02 Å². The van der Waals surface area contributed by atoms with Gasteiger partial charge in [0.2, 0.25) is 0 Å². The molecule has 0 aliphatic heterocycles. The number of nitrogens with zero attached hydrogens (tertiary/aromatic N) is 1. The summed E-state index contributed by atoms with van der Waals surface area (Å²) in [6.07, 6.45) is -0.210. The van der Waals surface area contributed by atoms with Crippen molar-refractivity contribution in [2.75, 3.05) is 0 Å². The zero-order valence-corrected chi connectivity index (χ0v) is 21.0. The summed E-state index contributed by atoms with van der Waals surface area (Å²) < 4.78 is 11.4. The highest BCUT2D eigenvalue weighted by molar-refractivity contribution is 6.30. The zero-order chi connectivity index (χ0) is 26.1. The van der Waals surface area contributed by atoms with Crippen molar-refractivity contribution in [2.45, 2.75) is 18.3 Å². The third-order valence-corrected chi connectivity index (χ3v) is 7.07. The molecule has 5 nitrogen and oxygen atoms in total. The fourth-order valence-corrected chi connectivity index (χ4v) is 5.37. The van der Waals surface area contributed by atoms with E-state index in [0.717, 1.165) is 33.3 Å². The van der Waals surface area contributed by atoms with E-state index in [-0.39, 0.29) is 12.8 Å². The van der Waals surface area contributed by atoms with Crippen LogP contribution in [0, 0.1) is 0 Å². The molecule has 1 aromatic heterocycles. The van der Waals surface area contributed by atoms with Crippen molar-refractivity contribution < 1.29 is 19.1 Å². The van der Waals surface area contributed by atoms with Gasteiger partial charge in [-0.25, -0.2) is 4.98 Å². The first kappa shape index (κ1) is 23.9. The number of benzene rings is 4. The molecule has 38 heavy (non-hydrogen) atoms. The number of aromatic nitrogens is 1. The summed E-state index contributed by atoms with van der Waals surface area (Å²) in [6, 6.07) is 33.0. The molecule has 6 rings (SSSR count). The Hall–Kier alpha value is -4.48. The molecule has 0 radical (unpaired) electrons. The van der Waals surface area contributed by atoms with Crippen molar-refractivity contribution in [3.63, 3.8) is 0 Å². The minimum atomic E-state index is -1.09. The van der Waals surface area contributed by atoms with Gasteiger partial charge in [0.25, 0.3) is 0 Å². The number of esters is 2. The number of carbonyl (C=O) groups excluding carboxylic acids is 2. The molecule has 1 heterocycles. The minimum Gasteiger partial charge on any atom is -0.426 e. The van der Waals surface area contributed by atoms with Crippen molar-refractivity contribution in [1.82, 2.24) is 4.98 Å². The second-order valence-electron chi connectivity index (χ2n) is 9.28. The van der Waals surface area contributed by atoms with Gasteiger partial charge in [-0.2, -0.15) is 0 Å². The Labute approximate surface area is 224 Å². The Morgan fingerprint density at radius 1 is 0.684 bits per heavy atom. The van der Waals surface area contributed by atoms with E-state index in [1.807, 2.05) is 54.6 Å². The second kappa shape index (κ2) is 9.77. The van der Waals surface area contributed by atoms with Gasteiger partial charge < -0.3 is 9.47 Å². The lowest BCUT2D eigenvalue weighted by Crippen LogP contribution is -2.34. The molecule has 0 N–H and O–H groups in total. The number of carbonyl (C=O) groups is 2. The molecule has 6 heteroatoms. The number of pyridine rings is 1. The van der Waals surface area contributed by atoms with Crippen molar-refractivity contribution in [3.05, 3.63) is 125 Å². The molecule has 0 atom stereocenters. The van der Waals surface area contributed by atoms with Crippen LogP contribution in [0.3, 0.4) is 0 Å². The number of fused-ring (bicyclic) bond motifs is 4. The number of rotatable bonds is 6. The molecular formula is C32H22ClNO4. The highest BCUT2D eigenvalue weighted by Crippen LogP contribution is 2.53. The molecule has 0 unspecified atom stereocenters. The van der Waals surface area contributed by atoms with Crippen molar-refractivity contribution in [2.24, 2.45) is 0 Å². The summed E-state index contributed by atoms with van der Waals surface area (Å²) in [4.78, 5) is 31.9. The maximum atomic E-state index is 13.5. The average Bonchev–Trinajstić information content (AvgIpc) is 3.16. The standard InChI is InChI=1S/C32H22ClNO4/c33-22-15-16-25-26(18-22)32(19-29(35)37-23-10-3-1-4-11-23,20-30(36)38-24-12-5-2-6-13-24)27-17-21-9-7-8-14-28(21)34-31(25)27/h1-18H,19-20H2. The normalized spacial score (nSPS) is 13.0. The van der Waals surface area contributed by atoms with Crippen LogP contribution in [-0.2, 0) is 15.0 Å². The maximum absolute atomic E-state index is 13.5. The van der Waals surface area contributed by atoms with Crippen LogP contribution in [0.4, 0.5) is 0 Å². The quantitative estimate of drug-likeness (QED) is 0.176. The molecule has 186 valence electrons. The summed E-state index contributed by atoms with van der Waals surface area (Å²) in [7, 11) is 0. The molecule has 0 spiro atoms. The van der Waals surface area contributed by atoms with E-state index < -0.39 is 17.4 Å². The van der Waals surface area contributed by atoms with E-state index in [1.165, 1.54) is 0 Å². The molecule has 0 fully saturated rings. The number of para-hydroxylation sites is 3. The van der Waals surface area contributed by atoms with E-state index in [0.29, 0.717) is 16.5 Å². The lowest BCUT2D eigenvalue weighted by atomic mass is 9.73. The van der Waals surface area contributed by atoms with E-state index in [2.05, 4.69) is 0 Å². The van der Waals surface area contributed by atoms with Gasteiger partial charge in [-0.15, -0.1) is 0 Å². The third kappa shape index (κ3) is 4.42. The van der Waals surface area contributed by atoms with Gasteiger partial charge in [0.05, 0.1) is 24.1 Å². The smallest absolute Gasteiger partial charge is 0.312 e. The minimum absolute atomic E-state index is 0.105. The van der Waals surface area contributed by atoms with Crippen LogP contribution in [0.15, 0.2) is 109 Å². The highest BCUT2D eigenvalue weighted by atomic mass is 35.5. The topological polar surface area (TPSA) is 65.5 Å². The van der Waals surface area contributed by atoms with Crippen LogP contribution in [-0.4, -0.2) is 16.9 Å². The molecule has 0 saturated heterocycles. The van der Waals surface area contributed by atoms with Crippen LogP contribution < -0.4 is 9.47 Å². The second-order valence-corrected chi connectivity index (χ2v) is 9.71. The zero-order valence-electron chi connectivity index (χ0n) is 20.3. The van der Waals surface area contributed by atoms with E-state index in [1.54, 1.807) is 54.6 Å². The molecule has 4 aromatic carbocycles. The molecule has 1 aliphatic rings. The van der Waals surface area contributed by atoms with Gasteiger partial charge >= 0.3 is 11.9 Å². The van der Waals surface area contributed by atoms with E-state index in [9.17, 15) is 9.59 Å². The predicted molar refractivity (Wildman–Crippen MR) is 146 cm³/mol. The summed E-state index contributed by atoms with van der Waals surface area (Å²) in [5, 5.41) is 1.40. The fourth-order valence-electron chi connectivity index (χ4n) is 5.20. The Bertz CT molecular complexity index is 1610. The Morgan fingerprint density at radius 2 is 1.26 bits per heavy atom. The highest BCUT2D eigenvalue weighted by Gasteiger charge is 2.48. The lowest BCUT2D eigenvalue weighted by Gasteiger charge is -2.30. The number of hydrogen-bond donors (Lipinski definition) is 0. The Morgan fingerprint density at radius 3 is 1.89 bits per heavy atom. The van der Waals surface area contributed by atoms with Gasteiger partial charge in [-0.3, -0.25) is 9.59 Å². The first-order chi connectivity index (χ1) is 18.5. The van der Waals surface area contributed by atoms with E-state index in [4.69, 9.17) is 26.1 Å². The van der Waals surface area contributed by atoms with Gasteiger partial charge in [0, 0.05) is 21.4 Å². The number of hydrogen-bond acceptors (Lipinski definition) is 5. The molecule has 5 aromatic rings. The fraction of sp³-hybridized carbons (Fsp3) is 0.0938. The van der Waals surface area contributed by atoms with Crippen molar-refractivity contribution in [3.8, 4) is 22.8 Å². The molecule has 1 aliphatic carbocycles. The van der Waals surface area contributed by atoms with Crippen molar-refractivity contribution >= 4 is 34.4 Å². The van der Waals surface area contributed by atoms with Gasteiger partial charge in [0.1, 0.15) is 11.5 Å². The van der Waals surface area contributed by atoms with Crippen LogP contribution >= 0.6 is 11.6 Å². The van der Waals surface area contributed by atoms with Gasteiger partial charge in [0.15, 0.2) is 0 Å². The van der Waals surface area contributed by atoms with Gasteiger partial charge in [-0.05, 0) is 59.7 Å². The third-order valence-electron chi connectivity index (χ3n) is 6.83. The Balaban J connectivity index is 1.50. The van der Waals surface area contributed by atoms with Crippen LogP contribution in [0.5, 0.6) is 11.5 Å². The molecule has 0 amide bonds. The summed E-state index contributed by atoms with van der Waals surface area (Å²) in [6.45, 7) is 0. The molecule has 0 bridgehead atoms.